The summed E-state index contributed by atoms with van der Waals surface area (Å²) in [5, 5.41) is 4.53. The molecule has 0 bridgehead atoms. The molecule has 1 aromatic carbocycles. The molecule has 0 fully saturated rings. The van der Waals surface area contributed by atoms with Crippen LogP contribution >= 0.6 is 23.6 Å². The summed E-state index contributed by atoms with van der Waals surface area (Å²) in [6, 6.07) is 5.30. The van der Waals surface area contributed by atoms with E-state index in [-0.39, 0.29) is 5.97 Å². The standard InChI is InChI=1S/C14H17N3O2S2/c1-4-17(5-2)14(20)16-13-15-10-7-6-9(12(18)19-3)8-11(10)21-13/h6-8H,4-5H2,1-3H3,(H,15,16,20). The number of nitrogens with one attached hydrogen (secondary N) is 1. The number of hydrogen-bond donors (Lipinski definition) is 1. The number of rotatable bonds is 4. The van der Waals surface area contributed by atoms with Crippen LogP contribution < -0.4 is 5.32 Å². The van der Waals surface area contributed by atoms with Crippen molar-refractivity contribution in [3.63, 3.8) is 0 Å². The lowest BCUT2D eigenvalue weighted by atomic mass is 10.2. The highest BCUT2D eigenvalue weighted by Crippen LogP contribution is 2.27. The Morgan fingerprint density at radius 3 is 2.76 bits per heavy atom. The number of methoxy groups -OCH3 is 1. The average Bonchev–Trinajstić information content (AvgIpc) is 2.88. The van der Waals surface area contributed by atoms with Crippen molar-refractivity contribution >= 4 is 50.0 Å². The molecule has 0 radical (unpaired) electrons. The summed E-state index contributed by atoms with van der Waals surface area (Å²) in [7, 11) is 1.37. The van der Waals surface area contributed by atoms with Crippen molar-refractivity contribution in [2.45, 2.75) is 13.8 Å². The van der Waals surface area contributed by atoms with E-state index in [1.165, 1.54) is 18.4 Å². The molecule has 0 saturated carbocycles. The van der Waals surface area contributed by atoms with Crippen molar-refractivity contribution in [2.24, 2.45) is 0 Å². The van der Waals surface area contributed by atoms with Crippen LogP contribution in [-0.2, 0) is 4.74 Å². The minimum absolute atomic E-state index is 0.349. The number of carbonyl (C=O) groups excluding carboxylic acids is 1. The molecule has 7 heteroatoms. The third kappa shape index (κ3) is 3.48. The number of thiazole rings is 1. The molecule has 5 nitrogen and oxygen atoms in total. The van der Waals surface area contributed by atoms with E-state index in [0.717, 1.165) is 28.4 Å². The quantitative estimate of drug-likeness (QED) is 0.689. The summed E-state index contributed by atoms with van der Waals surface area (Å²) < 4.78 is 5.64. The fourth-order valence-corrected chi connectivity index (χ4v) is 3.23. The van der Waals surface area contributed by atoms with E-state index in [9.17, 15) is 4.79 Å². The second kappa shape index (κ2) is 6.82. The first kappa shape index (κ1) is 15.7. The Morgan fingerprint density at radius 2 is 2.14 bits per heavy atom. The molecule has 21 heavy (non-hydrogen) atoms. The number of fused-ring (bicyclic) bond motifs is 1. The van der Waals surface area contributed by atoms with E-state index in [0.29, 0.717) is 10.7 Å². The summed E-state index contributed by atoms with van der Waals surface area (Å²) in [6.07, 6.45) is 0. The van der Waals surface area contributed by atoms with Gasteiger partial charge in [0.1, 0.15) is 0 Å². The molecule has 0 spiro atoms. The van der Waals surface area contributed by atoms with Gasteiger partial charge in [-0.15, -0.1) is 0 Å². The normalized spacial score (nSPS) is 10.4. The smallest absolute Gasteiger partial charge is 0.337 e. The topological polar surface area (TPSA) is 54.5 Å². The number of thiocarbonyl (C=S) groups is 1. The van der Waals surface area contributed by atoms with Crippen molar-refractivity contribution in [2.75, 3.05) is 25.5 Å². The van der Waals surface area contributed by atoms with Gasteiger partial charge in [-0.3, -0.25) is 0 Å². The Labute approximate surface area is 132 Å². The Balaban J connectivity index is 2.23. The fraction of sp³-hybridized carbons (Fsp3) is 0.357. The van der Waals surface area contributed by atoms with Crippen LogP contribution in [0.15, 0.2) is 18.2 Å². The van der Waals surface area contributed by atoms with Crippen molar-refractivity contribution in [1.82, 2.24) is 9.88 Å². The lowest BCUT2D eigenvalue weighted by molar-refractivity contribution is 0.0601. The Morgan fingerprint density at radius 1 is 1.43 bits per heavy atom. The van der Waals surface area contributed by atoms with Crippen LogP contribution in [0.5, 0.6) is 0 Å². The van der Waals surface area contributed by atoms with Gasteiger partial charge in [-0.25, -0.2) is 9.78 Å². The fourth-order valence-electron chi connectivity index (χ4n) is 1.90. The van der Waals surface area contributed by atoms with Crippen LogP contribution in [0.3, 0.4) is 0 Å². The van der Waals surface area contributed by atoms with Crippen LogP contribution in [0, 0.1) is 0 Å². The van der Waals surface area contributed by atoms with E-state index in [1.54, 1.807) is 12.1 Å². The number of nitrogens with zero attached hydrogens (tertiary/aromatic N) is 2. The van der Waals surface area contributed by atoms with Crippen LogP contribution in [0.1, 0.15) is 24.2 Å². The Bertz CT molecular complexity index is 665. The molecular weight excluding hydrogens is 306 g/mol. The van der Waals surface area contributed by atoms with Gasteiger partial charge < -0.3 is 15.0 Å². The number of carbonyl (C=O) groups is 1. The zero-order chi connectivity index (χ0) is 15.4. The largest absolute Gasteiger partial charge is 0.465 e. The molecule has 0 unspecified atom stereocenters. The van der Waals surface area contributed by atoms with Gasteiger partial charge in [0.05, 0.1) is 22.9 Å². The average molecular weight is 323 g/mol. The van der Waals surface area contributed by atoms with Gasteiger partial charge in [-0.05, 0) is 44.3 Å². The SMILES string of the molecule is CCN(CC)C(=S)Nc1nc2ccc(C(=O)OC)cc2s1. The molecule has 0 saturated heterocycles. The van der Waals surface area contributed by atoms with Crippen molar-refractivity contribution in [3.8, 4) is 0 Å². The predicted octanol–water partition coefficient (Wildman–Crippen LogP) is 3.12. The first-order valence-corrected chi connectivity index (χ1v) is 7.86. The molecule has 0 amide bonds. The Kier molecular flexibility index (Phi) is 5.08. The Hall–Kier alpha value is -1.73. The van der Waals surface area contributed by atoms with Crippen LogP contribution in [0.2, 0.25) is 0 Å². The maximum absolute atomic E-state index is 11.5. The predicted molar refractivity (Wildman–Crippen MR) is 90.1 cm³/mol. The number of esters is 1. The highest BCUT2D eigenvalue weighted by atomic mass is 32.1. The molecule has 112 valence electrons. The van der Waals surface area contributed by atoms with Gasteiger partial charge in [-0.2, -0.15) is 0 Å². The molecule has 2 aromatic rings. The van der Waals surface area contributed by atoms with Crippen molar-refractivity contribution < 1.29 is 9.53 Å². The van der Waals surface area contributed by atoms with Gasteiger partial charge in [0.15, 0.2) is 10.2 Å². The van der Waals surface area contributed by atoms with E-state index in [1.807, 2.05) is 11.0 Å². The molecule has 0 aliphatic carbocycles. The first-order chi connectivity index (χ1) is 10.1. The molecule has 0 atom stereocenters. The second-order valence-corrected chi connectivity index (χ2v) is 5.71. The first-order valence-electron chi connectivity index (χ1n) is 6.63. The summed E-state index contributed by atoms with van der Waals surface area (Å²) in [6.45, 7) is 5.80. The minimum Gasteiger partial charge on any atom is -0.465 e. The van der Waals surface area contributed by atoms with E-state index < -0.39 is 0 Å². The van der Waals surface area contributed by atoms with E-state index in [4.69, 9.17) is 17.0 Å². The lowest BCUT2D eigenvalue weighted by Gasteiger charge is -2.21. The van der Waals surface area contributed by atoms with Crippen molar-refractivity contribution in [1.29, 1.82) is 0 Å². The maximum Gasteiger partial charge on any atom is 0.337 e. The summed E-state index contributed by atoms with van der Waals surface area (Å²) in [5.41, 5.74) is 1.35. The second-order valence-electron chi connectivity index (χ2n) is 4.30. The van der Waals surface area contributed by atoms with E-state index >= 15 is 0 Å². The number of aromatic nitrogens is 1. The van der Waals surface area contributed by atoms with Gasteiger partial charge in [0.25, 0.3) is 0 Å². The molecule has 1 aromatic heterocycles. The molecule has 0 aliphatic rings. The molecular formula is C14H17N3O2S2. The number of anilines is 1. The van der Waals surface area contributed by atoms with Crippen LogP contribution in [-0.4, -0.2) is 41.2 Å². The van der Waals surface area contributed by atoms with E-state index in [2.05, 4.69) is 24.1 Å². The minimum atomic E-state index is -0.349. The van der Waals surface area contributed by atoms with Gasteiger partial charge >= 0.3 is 5.97 Å². The summed E-state index contributed by atoms with van der Waals surface area (Å²) in [5.74, 6) is -0.349. The highest BCUT2D eigenvalue weighted by Gasteiger charge is 2.11. The molecule has 2 rings (SSSR count). The summed E-state index contributed by atoms with van der Waals surface area (Å²) in [4.78, 5) is 18.0. The third-order valence-corrected chi connectivity index (χ3v) is 4.37. The summed E-state index contributed by atoms with van der Waals surface area (Å²) >= 11 is 6.82. The lowest BCUT2D eigenvalue weighted by Crippen LogP contribution is -2.34. The van der Waals surface area contributed by atoms with Gasteiger partial charge in [0.2, 0.25) is 0 Å². The number of hydrogen-bond acceptors (Lipinski definition) is 5. The van der Waals surface area contributed by atoms with Gasteiger partial charge in [0, 0.05) is 13.1 Å². The maximum atomic E-state index is 11.5. The zero-order valence-corrected chi connectivity index (χ0v) is 13.8. The molecule has 1 heterocycles. The monoisotopic (exact) mass is 323 g/mol. The van der Waals surface area contributed by atoms with Gasteiger partial charge in [-0.1, -0.05) is 11.3 Å². The highest BCUT2D eigenvalue weighted by molar-refractivity contribution is 7.80. The van der Waals surface area contributed by atoms with Crippen LogP contribution in [0.4, 0.5) is 5.13 Å². The molecule has 1 N–H and O–H groups in total. The molecule has 0 aliphatic heterocycles. The van der Waals surface area contributed by atoms with Crippen LogP contribution in [0.25, 0.3) is 10.2 Å². The number of benzene rings is 1. The number of ether oxygens (including phenoxy) is 1. The van der Waals surface area contributed by atoms with Crippen molar-refractivity contribution in [3.05, 3.63) is 23.8 Å². The third-order valence-electron chi connectivity index (χ3n) is 3.07. The zero-order valence-electron chi connectivity index (χ0n) is 12.2.